The largest absolute Gasteiger partial charge is 0.438 e. The summed E-state index contributed by atoms with van der Waals surface area (Å²) in [5.74, 6) is 10.3. The van der Waals surface area contributed by atoms with Gasteiger partial charge in [-0.1, -0.05) is 95.4 Å². The Hall–Kier alpha value is -0.446. The fraction of sp³-hybridized carbons (Fsp3) is 0.571. The molecule has 216 valence electrons. The lowest BCUT2D eigenvalue weighted by molar-refractivity contribution is 0.449. The molecule has 46 heavy (non-hydrogen) atoms. The maximum Gasteiger partial charge on any atom is 0.320 e. The second-order valence-electron chi connectivity index (χ2n) is 4.40. The molecular weight excluding hydrogens is 537 g/mol. The third kappa shape index (κ3) is 256. The molecule has 30 radical (unpaired) electrons. The van der Waals surface area contributed by atoms with Gasteiger partial charge in [0.2, 0.25) is 21.9 Å². The lowest BCUT2D eigenvalue weighted by Gasteiger charge is -1.80. The van der Waals surface area contributed by atoms with Crippen LogP contribution in [0.3, 0.4) is 0 Å². The Morgan fingerprint density at radius 1 is 0.478 bits per heavy atom. The van der Waals surface area contributed by atoms with Crippen molar-refractivity contribution in [2.24, 2.45) is 14.7 Å². The maximum atomic E-state index is 4.98. The first-order chi connectivity index (χ1) is 21.5. The summed E-state index contributed by atoms with van der Waals surface area (Å²) in [6.07, 6.45) is 4.21. The molecule has 0 heterocycles. The predicted molar refractivity (Wildman–Crippen MR) is 247 cm³/mol. The summed E-state index contributed by atoms with van der Waals surface area (Å²) in [7, 11) is 64.1. The number of hydrogen-bond donors (Lipinski definition) is 0. The Labute approximate surface area is 313 Å². The predicted octanol–water partition coefficient (Wildman–Crippen LogP) is -0.453. The van der Waals surface area contributed by atoms with Gasteiger partial charge in [-0.05, 0) is 0 Å². The quantitative estimate of drug-likeness (QED) is 0.226. The topological polar surface area (TPSA) is 46.3 Å². The minimum absolute atomic E-state index is 0. The van der Waals surface area contributed by atoms with E-state index >= 15 is 0 Å². The molecule has 0 fully saturated rings. The van der Waals surface area contributed by atoms with Crippen LogP contribution in [-0.4, -0.2) is 183 Å². The van der Waals surface area contributed by atoms with E-state index in [1.54, 1.807) is 44.5 Å². The fourth-order valence-electron chi connectivity index (χ4n) is 0.740. The monoisotopic (exact) mass is 590 g/mol. The third-order valence-corrected chi connectivity index (χ3v) is 1.87. The van der Waals surface area contributed by atoms with Gasteiger partial charge in [-0.2, -0.15) is 0 Å². The van der Waals surface area contributed by atoms with Crippen molar-refractivity contribution in [1.29, 1.82) is 0 Å². The Balaban J connectivity index is -0.0000000286. The highest BCUT2D eigenvalue weighted by molar-refractivity contribution is 7.07. The van der Waals surface area contributed by atoms with E-state index in [0.29, 0.717) is 0 Å². The molecule has 0 spiro atoms. The molecule has 0 amide bonds. The van der Waals surface area contributed by atoms with Gasteiger partial charge < -0.3 is 19.4 Å². The molecule has 25 heteroatoms. The third-order valence-electron chi connectivity index (χ3n) is 1.87. The summed E-state index contributed by atoms with van der Waals surface area (Å²) in [6.45, 7) is 17.9. The van der Waals surface area contributed by atoms with Crippen LogP contribution >= 0.6 is 0 Å². The zero-order valence-corrected chi connectivity index (χ0v) is 29.2. The Kier molecular flexibility index (Phi) is 266. The molecule has 0 aromatic carbocycles. The van der Waals surface area contributed by atoms with E-state index in [-0.39, 0.29) is 14.9 Å². The van der Waals surface area contributed by atoms with Gasteiger partial charge in [0.15, 0.2) is 0 Å². The van der Waals surface area contributed by atoms with Crippen LogP contribution < -0.4 is 0 Å². The highest BCUT2D eigenvalue weighted by atomic mass is 16.4. The summed E-state index contributed by atoms with van der Waals surface area (Å²) < 4.78 is 4.56. The van der Waals surface area contributed by atoms with Gasteiger partial charge >= 0.3 is 7.48 Å². The number of nitrogens with zero attached hydrogens (tertiary/aromatic N) is 3. The molecule has 0 N–H and O–H groups in total. The van der Waals surface area contributed by atoms with Gasteiger partial charge in [0.1, 0.15) is 36.6 Å². The van der Waals surface area contributed by atoms with Crippen LogP contribution in [0.4, 0.5) is 0 Å². The highest BCUT2D eigenvalue weighted by Gasteiger charge is 1.73. The van der Waals surface area contributed by atoms with Crippen molar-refractivity contribution in [3.63, 3.8) is 0 Å². The molecule has 0 aliphatic carbocycles. The van der Waals surface area contributed by atoms with E-state index in [1.807, 2.05) is 75.5 Å². The van der Waals surface area contributed by atoms with Gasteiger partial charge in [-0.3, -0.25) is 0 Å². The summed E-state index contributed by atoms with van der Waals surface area (Å²) in [5, 5.41) is 0. The van der Waals surface area contributed by atoms with Crippen molar-refractivity contribution in [1.82, 2.24) is 0 Å². The van der Waals surface area contributed by atoms with E-state index in [1.165, 1.54) is 83.3 Å². The lowest BCUT2D eigenvalue weighted by Crippen LogP contribution is -1.92. The van der Waals surface area contributed by atoms with Crippen molar-refractivity contribution in [2.75, 3.05) is 7.11 Å². The van der Waals surface area contributed by atoms with E-state index in [9.17, 15) is 0 Å². The average molecular weight is 586 g/mol. The molecule has 0 aromatic heterocycles. The second kappa shape index (κ2) is 152. The van der Waals surface area contributed by atoms with Crippen LogP contribution in [-0.2, 0) is 4.65 Å². The second-order valence-corrected chi connectivity index (χ2v) is 4.40. The minimum Gasteiger partial charge on any atom is -0.438 e. The standard InChI is InChI=1S/C3H5B3O.C3H5B3.C2H3B3.4C2H6.3CHB4N.2CH4/c1-7-6-3-2-5-4;1-5-2-3-6-4;3-1-2-5-4;4*1-2;3*2-4-1-6-5-3;;/h2-3H,1H3;2-3H,1H3;1-3H;4*1-2H3;3*1H;2*1H4/b2*3-2-;2-1-;;;;;;;;;. The van der Waals surface area contributed by atoms with Gasteiger partial charge in [-0.15, -0.1) is 35.9 Å². The number of rotatable bonds is 12. The first-order valence-electron chi connectivity index (χ1n) is 13.8. The molecular formula is C21H48B21N3O. The van der Waals surface area contributed by atoms with Crippen LogP contribution in [0, 0.1) is 0 Å². The number of hydrogen-bond acceptors (Lipinski definition) is 4. The molecule has 0 rings (SSSR count). The molecule has 0 atom stereocenters. The maximum absolute atomic E-state index is 4.98. The van der Waals surface area contributed by atoms with Crippen LogP contribution in [0.5, 0.6) is 0 Å². The van der Waals surface area contributed by atoms with Gasteiger partial charge in [0, 0.05) is 76.7 Å². The van der Waals surface area contributed by atoms with Crippen LogP contribution in [0.1, 0.15) is 70.2 Å². The summed E-state index contributed by atoms with van der Waals surface area (Å²) in [6, 6.07) is 0. The lowest BCUT2D eigenvalue weighted by atomic mass is 9.54. The average Bonchev–Trinajstić information content (AvgIpc) is 3.10. The fourth-order valence-corrected chi connectivity index (χ4v) is 0.740. The molecule has 0 bridgehead atoms. The van der Waals surface area contributed by atoms with Crippen LogP contribution in [0.2, 0.25) is 6.82 Å². The van der Waals surface area contributed by atoms with Crippen LogP contribution in [0.25, 0.3) is 0 Å². The van der Waals surface area contributed by atoms with E-state index in [2.05, 4.69) is 27.2 Å². The van der Waals surface area contributed by atoms with Gasteiger partial charge in [-0.25, -0.2) is 0 Å². The molecule has 0 saturated heterocycles. The first kappa shape index (κ1) is 80.3. The summed E-state index contributed by atoms with van der Waals surface area (Å²) in [5.41, 5.74) is 0. The Morgan fingerprint density at radius 3 is 0.870 bits per heavy atom. The zero-order valence-electron chi connectivity index (χ0n) is 29.2. The summed E-state index contributed by atoms with van der Waals surface area (Å²) in [4.78, 5) is 10.3. The van der Waals surface area contributed by atoms with Crippen molar-refractivity contribution < 1.29 is 4.65 Å². The van der Waals surface area contributed by atoms with E-state index in [4.69, 9.17) is 69.6 Å². The first-order valence-corrected chi connectivity index (χ1v) is 13.8. The van der Waals surface area contributed by atoms with Gasteiger partial charge in [0.25, 0.3) is 0 Å². The molecule has 0 aliphatic rings. The van der Waals surface area contributed by atoms with Crippen molar-refractivity contribution in [3.05, 3.63) is 35.9 Å². The Bertz CT molecular complexity index is 414. The van der Waals surface area contributed by atoms with Crippen LogP contribution in [0.15, 0.2) is 50.6 Å². The SMILES string of the molecule is C.C.CC.CC.CC.CC.[B][B]/C=C\[BH].[B][B]/C=C\[B]C.[B][B]/C=C\[B]OC.[B][B]C=N[B][B].[B][B]C=N[B][B].[B][B]C=N[B][B]. The molecule has 0 saturated carbocycles. The zero-order chi connectivity index (χ0) is 37.0. The van der Waals surface area contributed by atoms with Crippen molar-refractivity contribution in [3.8, 4) is 0 Å². The highest BCUT2D eigenvalue weighted by Crippen LogP contribution is 1.64. The molecule has 4 nitrogen and oxygen atoms in total. The molecule has 0 aromatic rings. The van der Waals surface area contributed by atoms with E-state index in [0.717, 1.165) is 0 Å². The normalized spacial score (nSPS) is 7.43. The van der Waals surface area contributed by atoms with Gasteiger partial charge in [0.05, 0.1) is 21.5 Å². The van der Waals surface area contributed by atoms with Crippen molar-refractivity contribution >= 4 is 176 Å². The Morgan fingerprint density at radius 2 is 0.761 bits per heavy atom. The summed E-state index contributed by atoms with van der Waals surface area (Å²) >= 11 is 0. The molecule has 0 aliphatic heterocycles. The van der Waals surface area contributed by atoms with Crippen molar-refractivity contribution in [2.45, 2.75) is 77.1 Å². The molecule has 0 unspecified atom stereocenters. The van der Waals surface area contributed by atoms with E-state index < -0.39 is 0 Å². The smallest absolute Gasteiger partial charge is 0.320 e. The minimum atomic E-state index is 0.